The van der Waals surface area contributed by atoms with Crippen molar-refractivity contribution in [2.45, 2.75) is 6.54 Å². The van der Waals surface area contributed by atoms with E-state index in [1.807, 2.05) is 24.3 Å². The molecular weight excluding hydrogens is 420 g/mol. The molecule has 0 spiro atoms. The van der Waals surface area contributed by atoms with Gasteiger partial charge in [0.05, 0.1) is 22.9 Å². The van der Waals surface area contributed by atoms with Crippen LogP contribution in [0.2, 0.25) is 5.02 Å². The summed E-state index contributed by atoms with van der Waals surface area (Å²) in [5.41, 5.74) is 2.43. The van der Waals surface area contributed by atoms with Gasteiger partial charge in [-0.1, -0.05) is 23.7 Å². The van der Waals surface area contributed by atoms with Crippen LogP contribution in [0.3, 0.4) is 0 Å². The van der Waals surface area contributed by atoms with Crippen molar-refractivity contribution < 1.29 is 4.79 Å². The highest BCUT2D eigenvalue weighted by Crippen LogP contribution is 2.21. The fraction of sp³-hybridized carbons (Fsp3) is 0.0588. The molecule has 0 aliphatic rings. The van der Waals surface area contributed by atoms with Gasteiger partial charge in [0.15, 0.2) is 11.3 Å². The van der Waals surface area contributed by atoms with Crippen LogP contribution in [0.5, 0.6) is 0 Å². The van der Waals surface area contributed by atoms with E-state index in [-0.39, 0.29) is 11.6 Å². The molecular formula is C17H12BrClN6O. The molecule has 0 aliphatic carbocycles. The quantitative estimate of drug-likeness (QED) is 0.535. The van der Waals surface area contributed by atoms with Crippen LogP contribution in [-0.4, -0.2) is 30.3 Å². The first-order valence-corrected chi connectivity index (χ1v) is 8.84. The van der Waals surface area contributed by atoms with Crippen LogP contribution in [0.1, 0.15) is 16.1 Å². The molecule has 0 unspecified atom stereocenters. The number of carbonyl (C=O) groups excluding carboxylic acids is 1. The summed E-state index contributed by atoms with van der Waals surface area (Å²) in [5.74, 6) is -0.343. The Kier molecular flexibility index (Phi) is 4.44. The highest BCUT2D eigenvalue weighted by Gasteiger charge is 2.18. The monoisotopic (exact) mass is 430 g/mol. The Hall–Kier alpha value is -2.71. The average Bonchev–Trinajstić information content (AvgIpc) is 3.20. The second-order valence-corrected chi connectivity index (χ2v) is 6.79. The molecule has 1 N–H and O–H groups in total. The molecule has 1 amide bonds. The Bertz CT molecular complexity index is 1110. The minimum absolute atomic E-state index is 0.256. The number of nitrogens with one attached hydrogen (secondary N) is 1. The van der Waals surface area contributed by atoms with Crippen LogP contribution in [0.15, 0.2) is 59.6 Å². The number of hydrogen-bond acceptors (Lipinski definition) is 4. The van der Waals surface area contributed by atoms with Gasteiger partial charge in [0.2, 0.25) is 0 Å². The molecule has 0 bridgehead atoms. The third-order valence-corrected chi connectivity index (χ3v) is 4.64. The number of aromatic nitrogens is 5. The number of benzene rings is 1. The maximum absolute atomic E-state index is 12.5. The van der Waals surface area contributed by atoms with Gasteiger partial charge in [-0.3, -0.25) is 9.48 Å². The summed E-state index contributed by atoms with van der Waals surface area (Å²) in [6, 6.07) is 9.29. The Labute approximate surface area is 161 Å². The number of nitrogens with zero attached hydrogens (tertiary/aromatic N) is 5. The predicted molar refractivity (Wildman–Crippen MR) is 101 cm³/mol. The summed E-state index contributed by atoms with van der Waals surface area (Å²) in [7, 11) is 0. The number of halogens is 2. The van der Waals surface area contributed by atoms with E-state index < -0.39 is 0 Å². The van der Waals surface area contributed by atoms with Crippen molar-refractivity contribution in [3.8, 4) is 0 Å². The Morgan fingerprint density at radius 2 is 2.19 bits per heavy atom. The van der Waals surface area contributed by atoms with Crippen molar-refractivity contribution in [1.82, 2.24) is 24.4 Å². The molecule has 0 atom stereocenters. The van der Waals surface area contributed by atoms with E-state index in [1.54, 1.807) is 40.1 Å². The maximum Gasteiger partial charge on any atom is 0.277 e. The lowest BCUT2D eigenvalue weighted by Gasteiger charge is -2.02. The zero-order chi connectivity index (χ0) is 18.1. The second kappa shape index (κ2) is 6.89. The van der Waals surface area contributed by atoms with Crippen molar-refractivity contribution in [1.29, 1.82) is 0 Å². The topological polar surface area (TPSA) is 77.1 Å². The number of carbonyl (C=O) groups is 1. The van der Waals surface area contributed by atoms with Crippen LogP contribution < -0.4 is 5.32 Å². The number of hydrogen-bond donors (Lipinski definition) is 1. The number of anilines is 1. The van der Waals surface area contributed by atoms with Gasteiger partial charge in [0.1, 0.15) is 0 Å². The Morgan fingerprint density at radius 3 is 3.00 bits per heavy atom. The zero-order valence-corrected chi connectivity index (χ0v) is 15.6. The van der Waals surface area contributed by atoms with Crippen LogP contribution in [0.25, 0.3) is 5.65 Å². The van der Waals surface area contributed by atoms with Gasteiger partial charge in [0.25, 0.3) is 5.91 Å². The molecule has 26 heavy (non-hydrogen) atoms. The Morgan fingerprint density at radius 1 is 1.31 bits per heavy atom. The molecule has 0 aliphatic heterocycles. The van der Waals surface area contributed by atoms with Crippen molar-refractivity contribution in [2.75, 3.05) is 5.32 Å². The van der Waals surface area contributed by atoms with Crippen LogP contribution in [0, 0.1) is 0 Å². The number of fused-ring (bicyclic) bond motifs is 1. The standard InChI is InChI=1S/C17H12BrClN6O/c18-14-15(23-25-6-2-5-20-16(14)25)17(26)22-13-8-21-24(10-13)9-11-3-1-4-12(19)7-11/h1-8,10H,9H2,(H,22,26). The number of rotatable bonds is 4. The van der Waals surface area contributed by atoms with Crippen LogP contribution in [-0.2, 0) is 6.54 Å². The van der Waals surface area contributed by atoms with Gasteiger partial charge in [-0.25, -0.2) is 9.50 Å². The van der Waals surface area contributed by atoms with Crippen molar-refractivity contribution in [3.63, 3.8) is 0 Å². The highest BCUT2D eigenvalue weighted by molar-refractivity contribution is 9.10. The molecule has 4 rings (SSSR count). The molecule has 0 radical (unpaired) electrons. The van der Waals surface area contributed by atoms with Crippen molar-refractivity contribution in [2.24, 2.45) is 0 Å². The summed E-state index contributed by atoms with van der Waals surface area (Å²) >= 11 is 9.38. The predicted octanol–water partition coefficient (Wildman–Crippen LogP) is 3.64. The van der Waals surface area contributed by atoms with Gasteiger partial charge in [0, 0.05) is 23.6 Å². The van der Waals surface area contributed by atoms with Crippen LogP contribution >= 0.6 is 27.5 Å². The lowest BCUT2D eigenvalue weighted by Crippen LogP contribution is -2.13. The summed E-state index contributed by atoms with van der Waals surface area (Å²) in [4.78, 5) is 16.7. The van der Waals surface area contributed by atoms with Crippen molar-refractivity contribution in [3.05, 3.63) is 75.9 Å². The van der Waals surface area contributed by atoms with E-state index in [0.29, 0.717) is 27.4 Å². The highest BCUT2D eigenvalue weighted by atomic mass is 79.9. The van der Waals surface area contributed by atoms with E-state index in [0.717, 1.165) is 5.56 Å². The molecule has 130 valence electrons. The van der Waals surface area contributed by atoms with Crippen LogP contribution in [0.4, 0.5) is 5.69 Å². The lowest BCUT2D eigenvalue weighted by atomic mass is 10.2. The van der Waals surface area contributed by atoms with E-state index in [9.17, 15) is 4.79 Å². The zero-order valence-electron chi connectivity index (χ0n) is 13.3. The molecule has 3 aromatic heterocycles. The van der Waals surface area contributed by atoms with Gasteiger partial charge in [-0.2, -0.15) is 10.2 Å². The molecule has 0 saturated heterocycles. The first kappa shape index (κ1) is 16.7. The van der Waals surface area contributed by atoms with Gasteiger partial charge >= 0.3 is 0 Å². The molecule has 0 saturated carbocycles. The second-order valence-electron chi connectivity index (χ2n) is 5.56. The minimum atomic E-state index is -0.343. The van der Waals surface area contributed by atoms with Gasteiger partial charge in [-0.15, -0.1) is 0 Å². The lowest BCUT2D eigenvalue weighted by molar-refractivity contribution is 0.102. The van der Waals surface area contributed by atoms with E-state index >= 15 is 0 Å². The smallest absolute Gasteiger partial charge is 0.277 e. The van der Waals surface area contributed by atoms with E-state index in [1.165, 1.54) is 0 Å². The molecule has 1 aromatic carbocycles. The molecule has 9 heteroatoms. The van der Waals surface area contributed by atoms with E-state index in [4.69, 9.17) is 11.6 Å². The molecule has 7 nitrogen and oxygen atoms in total. The molecule has 0 fully saturated rings. The Balaban J connectivity index is 1.51. The van der Waals surface area contributed by atoms with E-state index in [2.05, 4.69) is 36.4 Å². The third-order valence-electron chi connectivity index (χ3n) is 3.68. The first-order chi connectivity index (χ1) is 12.6. The van der Waals surface area contributed by atoms with Gasteiger partial charge < -0.3 is 5.32 Å². The molecule has 4 aromatic rings. The fourth-order valence-electron chi connectivity index (χ4n) is 2.53. The molecule has 3 heterocycles. The third kappa shape index (κ3) is 3.33. The number of amides is 1. The minimum Gasteiger partial charge on any atom is -0.318 e. The van der Waals surface area contributed by atoms with Crippen molar-refractivity contribution >= 4 is 44.8 Å². The average molecular weight is 432 g/mol. The summed E-state index contributed by atoms with van der Waals surface area (Å²) in [5, 5.41) is 12.0. The maximum atomic E-state index is 12.5. The summed E-state index contributed by atoms with van der Waals surface area (Å²) < 4.78 is 3.81. The largest absolute Gasteiger partial charge is 0.318 e. The van der Waals surface area contributed by atoms with Gasteiger partial charge in [-0.05, 0) is 39.7 Å². The first-order valence-electron chi connectivity index (χ1n) is 7.67. The summed E-state index contributed by atoms with van der Waals surface area (Å²) in [6.07, 6.45) is 6.71. The normalized spacial score (nSPS) is 11.0. The SMILES string of the molecule is O=C(Nc1cnn(Cc2cccc(Cl)c2)c1)c1nn2cccnc2c1Br. The fourth-order valence-corrected chi connectivity index (χ4v) is 3.29. The summed E-state index contributed by atoms with van der Waals surface area (Å²) in [6.45, 7) is 0.554.